The second kappa shape index (κ2) is 6.21. The molecule has 4 heteroatoms. The van der Waals surface area contributed by atoms with Crippen molar-refractivity contribution in [3.05, 3.63) is 21.4 Å². The first-order chi connectivity index (χ1) is 8.90. The molecule has 0 spiro atoms. The number of hydrogen-bond donors (Lipinski definition) is 1. The number of hydrogen-bond acceptors (Lipinski definition) is 3. The zero-order valence-electron chi connectivity index (χ0n) is 12.3. The fourth-order valence-corrected chi connectivity index (χ4v) is 3.30. The fraction of sp³-hybridized carbons (Fsp3) is 0.600. The molecule has 1 atom stereocenters. The average molecular weight is 278 g/mol. The lowest BCUT2D eigenvalue weighted by molar-refractivity contribution is -0.129. The molecule has 0 aliphatic heterocycles. The summed E-state index contributed by atoms with van der Waals surface area (Å²) >= 11 is 1.73. The molecule has 0 aliphatic rings. The Morgan fingerprint density at radius 1 is 1.47 bits per heavy atom. The van der Waals surface area contributed by atoms with E-state index in [-0.39, 0.29) is 11.9 Å². The Morgan fingerprint density at radius 2 is 2.05 bits per heavy atom. The Labute approximate surface area is 119 Å². The summed E-state index contributed by atoms with van der Waals surface area (Å²) in [5, 5.41) is 12.3. The van der Waals surface area contributed by atoms with E-state index in [2.05, 4.69) is 31.3 Å². The third-order valence-electron chi connectivity index (χ3n) is 3.75. The number of rotatable bonds is 5. The standard InChI is InChI=1S/C15H22N2OS/c1-6-15(7-2,9-16)14(18)17-11(4)13-8-10(3)19-12(13)5/h8,11H,6-7H2,1-5H3,(H,17,18). The summed E-state index contributed by atoms with van der Waals surface area (Å²) in [4.78, 5) is 14.8. The van der Waals surface area contributed by atoms with E-state index in [4.69, 9.17) is 0 Å². The first-order valence-corrected chi connectivity index (χ1v) is 7.51. The molecule has 1 unspecified atom stereocenters. The number of thiophene rings is 1. The van der Waals surface area contributed by atoms with Crippen molar-refractivity contribution in [2.24, 2.45) is 5.41 Å². The molecule has 1 heterocycles. The Kier molecular flexibility index (Phi) is 5.13. The van der Waals surface area contributed by atoms with Crippen molar-refractivity contribution in [3.63, 3.8) is 0 Å². The molecule has 19 heavy (non-hydrogen) atoms. The molecule has 1 N–H and O–H groups in total. The van der Waals surface area contributed by atoms with Crippen molar-refractivity contribution in [3.8, 4) is 6.07 Å². The van der Waals surface area contributed by atoms with Gasteiger partial charge in [0, 0.05) is 9.75 Å². The molecule has 1 aromatic rings. The topological polar surface area (TPSA) is 52.9 Å². The quantitative estimate of drug-likeness (QED) is 0.888. The van der Waals surface area contributed by atoms with Crippen LogP contribution in [0.2, 0.25) is 0 Å². The highest BCUT2D eigenvalue weighted by Gasteiger charge is 2.35. The second-order valence-electron chi connectivity index (χ2n) is 4.96. The third kappa shape index (κ3) is 3.16. The average Bonchev–Trinajstić information content (AvgIpc) is 2.71. The van der Waals surface area contributed by atoms with Gasteiger partial charge in [-0.15, -0.1) is 11.3 Å². The number of amides is 1. The van der Waals surface area contributed by atoms with Gasteiger partial charge in [-0.2, -0.15) is 5.26 Å². The Bertz CT molecular complexity index is 495. The van der Waals surface area contributed by atoms with Gasteiger partial charge < -0.3 is 5.32 Å². The lowest BCUT2D eigenvalue weighted by atomic mass is 9.82. The Hall–Kier alpha value is -1.34. The van der Waals surface area contributed by atoms with Crippen LogP contribution in [0.4, 0.5) is 0 Å². The summed E-state index contributed by atoms with van der Waals surface area (Å²) in [6.45, 7) is 9.87. The maximum absolute atomic E-state index is 12.3. The van der Waals surface area contributed by atoms with Crippen molar-refractivity contribution < 1.29 is 4.79 Å². The van der Waals surface area contributed by atoms with Gasteiger partial charge in [0.1, 0.15) is 5.41 Å². The third-order valence-corrected chi connectivity index (χ3v) is 4.73. The molecule has 0 saturated heterocycles. The van der Waals surface area contributed by atoms with Crippen LogP contribution in [-0.2, 0) is 4.79 Å². The normalized spacial score (nSPS) is 12.8. The van der Waals surface area contributed by atoms with Crippen molar-refractivity contribution in [1.29, 1.82) is 5.26 Å². The van der Waals surface area contributed by atoms with E-state index in [1.54, 1.807) is 11.3 Å². The van der Waals surface area contributed by atoms with Gasteiger partial charge >= 0.3 is 0 Å². The molecular weight excluding hydrogens is 256 g/mol. The van der Waals surface area contributed by atoms with Gasteiger partial charge in [-0.1, -0.05) is 13.8 Å². The Morgan fingerprint density at radius 3 is 2.42 bits per heavy atom. The van der Waals surface area contributed by atoms with Crippen molar-refractivity contribution in [2.45, 2.75) is 53.5 Å². The zero-order chi connectivity index (χ0) is 14.6. The van der Waals surface area contributed by atoms with Crippen LogP contribution in [0.3, 0.4) is 0 Å². The molecule has 0 saturated carbocycles. The van der Waals surface area contributed by atoms with Crippen molar-refractivity contribution in [1.82, 2.24) is 5.32 Å². The molecule has 0 radical (unpaired) electrons. The summed E-state index contributed by atoms with van der Waals surface area (Å²) in [5.74, 6) is -0.157. The van der Waals surface area contributed by atoms with Crippen LogP contribution >= 0.6 is 11.3 Å². The summed E-state index contributed by atoms with van der Waals surface area (Å²) in [7, 11) is 0. The highest BCUT2D eigenvalue weighted by Crippen LogP contribution is 2.29. The molecule has 0 aliphatic carbocycles. The molecule has 0 aromatic carbocycles. The smallest absolute Gasteiger partial charge is 0.240 e. The van der Waals surface area contributed by atoms with Gasteiger partial charge in [-0.3, -0.25) is 4.79 Å². The molecule has 3 nitrogen and oxygen atoms in total. The maximum Gasteiger partial charge on any atom is 0.240 e. The summed E-state index contributed by atoms with van der Waals surface area (Å²) < 4.78 is 0. The van der Waals surface area contributed by atoms with Crippen LogP contribution in [0.1, 0.15) is 55.0 Å². The summed E-state index contributed by atoms with van der Waals surface area (Å²) in [5.41, 5.74) is 0.252. The summed E-state index contributed by atoms with van der Waals surface area (Å²) in [6, 6.07) is 4.24. The van der Waals surface area contributed by atoms with Crippen LogP contribution in [0.15, 0.2) is 6.07 Å². The minimum absolute atomic E-state index is 0.0525. The van der Waals surface area contributed by atoms with E-state index in [1.165, 1.54) is 9.75 Å². The monoisotopic (exact) mass is 278 g/mol. The summed E-state index contributed by atoms with van der Waals surface area (Å²) in [6.07, 6.45) is 1.08. The molecule has 1 amide bonds. The number of carbonyl (C=O) groups is 1. The highest BCUT2D eigenvalue weighted by molar-refractivity contribution is 7.12. The van der Waals surface area contributed by atoms with E-state index in [9.17, 15) is 10.1 Å². The van der Waals surface area contributed by atoms with E-state index in [0.717, 1.165) is 5.56 Å². The lowest BCUT2D eigenvalue weighted by Gasteiger charge is -2.25. The highest BCUT2D eigenvalue weighted by atomic mass is 32.1. The van der Waals surface area contributed by atoms with E-state index in [0.29, 0.717) is 12.8 Å². The second-order valence-corrected chi connectivity index (χ2v) is 6.43. The van der Waals surface area contributed by atoms with E-state index < -0.39 is 5.41 Å². The van der Waals surface area contributed by atoms with Gasteiger partial charge in [0.2, 0.25) is 5.91 Å². The lowest BCUT2D eigenvalue weighted by Crippen LogP contribution is -2.40. The maximum atomic E-state index is 12.3. The molecule has 1 rings (SSSR count). The molecule has 0 bridgehead atoms. The largest absolute Gasteiger partial charge is 0.348 e. The van der Waals surface area contributed by atoms with Gasteiger partial charge in [-0.05, 0) is 45.2 Å². The number of nitriles is 1. The fourth-order valence-electron chi connectivity index (χ4n) is 2.27. The van der Waals surface area contributed by atoms with Crippen LogP contribution in [0.5, 0.6) is 0 Å². The predicted molar refractivity (Wildman–Crippen MR) is 79.0 cm³/mol. The molecule has 0 fully saturated rings. The van der Waals surface area contributed by atoms with Crippen molar-refractivity contribution in [2.75, 3.05) is 0 Å². The van der Waals surface area contributed by atoms with Crippen LogP contribution in [0.25, 0.3) is 0 Å². The SMILES string of the molecule is CCC(C#N)(CC)C(=O)NC(C)c1cc(C)sc1C. The first kappa shape index (κ1) is 15.7. The Balaban J connectivity index is 2.88. The minimum atomic E-state index is -0.896. The van der Waals surface area contributed by atoms with Crippen LogP contribution < -0.4 is 5.32 Å². The number of nitrogens with zero attached hydrogens (tertiary/aromatic N) is 1. The predicted octanol–water partition coefficient (Wildman–Crippen LogP) is 3.87. The molecular formula is C15H22N2OS. The number of carbonyl (C=O) groups excluding carboxylic acids is 1. The van der Waals surface area contributed by atoms with Gasteiger partial charge in [0.05, 0.1) is 12.1 Å². The molecule has 1 aromatic heterocycles. The number of aryl methyl sites for hydroxylation is 2. The molecule has 104 valence electrons. The van der Waals surface area contributed by atoms with E-state index >= 15 is 0 Å². The van der Waals surface area contributed by atoms with Crippen LogP contribution in [-0.4, -0.2) is 5.91 Å². The number of nitrogens with one attached hydrogen (secondary N) is 1. The van der Waals surface area contributed by atoms with Crippen LogP contribution in [0, 0.1) is 30.6 Å². The van der Waals surface area contributed by atoms with Gasteiger partial charge in [-0.25, -0.2) is 0 Å². The van der Waals surface area contributed by atoms with E-state index in [1.807, 2.05) is 20.8 Å². The van der Waals surface area contributed by atoms with Crippen molar-refractivity contribution >= 4 is 17.2 Å². The first-order valence-electron chi connectivity index (χ1n) is 6.69. The van der Waals surface area contributed by atoms with Gasteiger partial charge in [0.25, 0.3) is 0 Å². The zero-order valence-corrected chi connectivity index (χ0v) is 13.1. The minimum Gasteiger partial charge on any atom is -0.348 e. The van der Waals surface area contributed by atoms with Gasteiger partial charge in [0.15, 0.2) is 0 Å².